The predicted octanol–water partition coefficient (Wildman–Crippen LogP) is 8.66. The molecule has 31 heavy (non-hydrogen) atoms. The van der Waals surface area contributed by atoms with E-state index in [4.69, 9.17) is 0 Å². The van der Waals surface area contributed by atoms with E-state index in [1.54, 1.807) is 0 Å². The van der Waals surface area contributed by atoms with Crippen LogP contribution in [0.1, 0.15) is 49.8 Å². The van der Waals surface area contributed by atoms with Crippen LogP contribution in [0.15, 0.2) is 85.5 Å². The van der Waals surface area contributed by atoms with Crippen molar-refractivity contribution in [1.29, 1.82) is 0 Å². The first-order valence-electron chi connectivity index (χ1n) is 11.2. The van der Waals surface area contributed by atoms with Gasteiger partial charge < -0.3 is 4.57 Å². The van der Waals surface area contributed by atoms with Gasteiger partial charge in [-0.25, -0.2) is 0 Å². The molecule has 1 unspecified atom stereocenters. The number of hydrogen-bond acceptors (Lipinski definition) is 0. The standard InChI is InChI=1S/C30H33N/c1-7-8-17-30(5,6)20-23(4)24-11-13-25(14-12-24)31-28-18-21(2)9-15-26(28)27-16-10-22(3)19-29(27)31/h7-19,23H,1,20H2,2-6H3/b17-8+. The highest BCUT2D eigenvalue weighted by molar-refractivity contribution is 6.09. The molecule has 0 spiro atoms. The summed E-state index contributed by atoms with van der Waals surface area (Å²) in [6, 6.07) is 22.7. The summed E-state index contributed by atoms with van der Waals surface area (Å²) in [4.78, 5) is 0. The van der Waals surface area contributed by atoms with Crippen molar-refractivity contribution < 1.29 is 0 Å². The Labute approximate surface area is 186 Å². The topological polar surface area (TPSA) is 4.93 Å². The molecule has 0 fully saturated rings. The number of benzene rings is 3. The Hall–Kier alpha value is -3.06. The van der Waals surface area contributed by atoms with Crippen LogP contribution < -0.4 is 0 Å². The highest BCUT2D eigenvalue weighted by atomic mass is 15.0. The number of allylic oxidation sites excluding steroid dienone is 3. The summed E-state index contributed by atoms with van der Waals surface area (Å²) in [5.74, 6) is 0.487. The minimum atomic E-state index is 0.147. The molecule has 0 aliphatic carbocycles. The monoisotopic (exact) mass is 407 g/mol. The Morgan fingerprint density at radius 1 is 0.871 bits per heavy atom. The van der Waals surface area contributed by atoms with Gasteiger partial charge in [0.2, 0.25) is 0 Å². The van der Waals surface area contributed by atoms with Crippen LogP contribution in [-0.4, -0.2) is 4.57 Å². The highest BCUT2D eigenvalue weighted by Crippen LogP contribution is 2.35. The molecule has 4 aromatic rings. The molecule has 1 heteroatoms. The molecule has 0 radical (unpaired) electrons. The quantitative estimate of drug-likeness (QED) is 0.282. The molecule has 0 bridgehead atoms. The van der Waals surface area contributed by atoms with Gasteiger partial charge in [0.1, 0.15) is 0 Å². The molecule has 3 aromatic carbocycles. The minimum Gasteiger partial charge on any atom is -0.309 e. The van der Waals surface area contributed by atoms with Gasteiger partial charge in [0.05, 0.1) is 11.0 Å². The zero-order valence-electron chi connectivity index (χ0n) is 19.4. The van der Waals surface area contributed by atoms with E-state index in [2.05, 4.69) is 119 Å². The third-order valence-electron chi connectivity index (χ3n) is 6.31. The van der Waals surface area contributed by atoms with Gasteiger partial charge in [0, 0.05) is 16.5 Å². The van der Waals surface area contributed by atoms with Crippen LogP contribution in [0.5, 0.6) is 0 Å². The van der Waals surface area contributed by atoms with Crippen LogP contribution in [-0.2, 0) is 0 Å². The van der Waals surface area contributed by atoms with Crippen molar-refractivity contribution in [3.63, 3.8) is 0 Å². The third kappa shape index (κ3) is 4.23. The maximum Gasteiger partial charge on any atom is 0.0543 e. The van der Waals surface area contributed by atoms with E-state index in [9.17, 15) is 0 Å². The average Bonchev–Trinajstić information content (AvgIpc) is 3.04. The molecule has 0 saturated carbocycles. The smallest absolute Gasteiger partial charge is 0.0543 e. The molecule has 0 saturated heterocycles. The van der Waals surface area contributed by atoms with Crippen molar-refractivity contribution in [3.05, 3.63) is 102 Å². The summed E-state index contributed by atoms with van der Waals surface area (Å²) in [7, 11) is 0. The summed E-state index contributed by atoms with van der Waals surface area (Å²) in [6.45, 7) is 15.0. The maximum absolute atomic E-state index is 3.80. The zero-order chi connectivity index (χ0) is 22.2. The summed E-state index contributed by atoms with van der Waals surface area (Å²) >= 11 is 0. The summed E-state index contributed by atoms with van der Waals surface area (Å²) in [5, 5.41) is 2.63. The Bertz CT molecular complexity index is 1210. The van der Waals surface area contributed by atoms with E-state index in [0.717, 1.165) is 6.42 Å². The van der Waals surface area contributed by atoms with Gasteiger partial charge in [-0.2, -0.15) is 0 Å². The number of aromatic nitrogens is 1. The molecule has 1 aromatic heterocycles. The first kappa shape index (κ1) is 21.2. The molecule has 0 aliphatic rings. The largest absolute Gasteiger partial charge is 0.309 e. The van der Waals surface area contributed by atoms with Crippen molar-refractivity contribution in [2.75, 3.05) is 0 Å². The Kier molecular flexibility index (Phi) is 5.62. The van der Waals surface area contributed by atoms with E-state index in [1.165, 1.54) is 44.2 Å². The van der Waals surface area contributed by atoms with E-state index < -0.39 is 0 Å². The van der Waals surface area contributed by atoms with Crippen LogP contribution in [0.3, 0.4) is 0 Å². The summed E-state index contributed by atoms with van der Waals surface area (Å²) < 4.78 is 2.41. The first-order chi connectivity index (χ1) is 14.8. The van der Waals surface area contributed by atoms with Gasteiger partial charge in [0.25, 0.3) is 0 Å². The summed E-state index contributed by atoms with van der Waals surface area (Å²) in [5.41, 5.74) is 7.87. The Balaban J connectivity index is 1.75. The second-order valence-corrected chi connectivity index (χ2v) is 9.66. The lowest BCUT2D eigenvalue weighted by molar-refractivity contribution is 0.401. The molecular formula is C30H33N. The number of rotatable bonds is 6. The Morgan fingerprint density at radius 2 is 1.42 bits per heavy atom. The number of aryl methyl sites for hydroxylation is 2. The van der Waals surface area contributed by atoms with Gasteiger partial charge >= 0.3 is 0 Å². The average molecular weight is 408 g/mol. The van der Waals surface area contributed by atoms with E-state index >= 15 is 0 Å². The fourth-order valence-corrected chi connectivity index (χ4v) is 4.77. The van der Waals surface area contributed by atoms with Crippen LogP contribution >= 0.6 is 0 Å². The van der Waals surface area contributed by atoms with Crippen LogP contribution in [0.4, 0.5) is 0 Å². The fraction of sp³-hybridized carbons (Fsp3) is 0.267. The van der Waals surface area contributed by atoms with Crippen molar-refractivity contribution in [3.8, 4) is 5.69 Å². The fourth-order valence-electron chi connectivity index (χ4n) is 4.77. The molecule has 4 rings (SSSR count). The van der Waals surface area contributed by atoms with Gasteiger partial charge in [-0.15, -0.1) is 0 Å². The molecule has 0 N–H and O–H groups in total. The van der Waals surface area contributed by atoms with Crippen molar-refractivity contribution in [2.24, 2.45) is 5.41 Å². The molecule has 1 atom stereocenters. The molecule has 1 heterocycles. The minimum absolute atomic E-state index is 0.147. The van der Waals surface area contributed by atoms with Crippen LogP contribution in [0.25, 0.3) is 27.5 Å². The number of nitrogens with zero attached hydrogens (tertiary/aromatic N) is 1. The lowest BCUT2D eigenvalue weighted by atomic mass is 9.80. The third-order valence-corrected chi connectivity index (χ3v) is 6.31. The van der Waals surface area contributed by atoms with Crippen LogP contribution in [0.2, 0.25) is 0 Å². The van der Waals surface area contributed by atoms with E-state index in [1.807, 2.05) is 6.08 Å². The van der Waals surface area contributed by atoms with Gasteiger partial charge in [-0.1, -0.05) is 82.0 Å². The predicted molar refractivity (Wildman–Crippen MR) is 136 cm³/mol. The SMILES string of the molecule is C=C/C=C/C(C)(C)CC(C)c1ccc(-n2c3cc(C)ccc3c3ccc(C)cc32)cc1. The van der Waals surface area contributed by atoms with Crippen molar-refractivity contribution in [1.82, 2.24) is 4.57 Å². The van der Waals surface area contributed by atoms with Gasteiger partial charge in [-0.3, -0.25) is 0 Å². The first-order valence-corrected chi connectivity index (χ1v) is 11.2. The summed E-state index contributed by atoms with van der Waals surface area (Å²) in [6.07, 6.45) is 7.27. The highest BCUT2D eigenvalue weighted by Gasteiger charge is 2.19. The number of hydrogen-bond donors (Lipinski definition) is 0. The normalized spacial score (nSPS) is 13.3. The molecule has 0 aliphatic heterocycles. The molecule has 0 amide bonds. The van der Waals surface area contributed by atoms with E-state index in [-0.39, 0.29) is 5.41 Å². The number of fused-ring (bicyclic) bond motifs is 3. The zero-order valence-corrected chi connectivity index (χ0v) is 19.4. The van der Waals surface area contributed by atoms with Crippen molar-refractivity contribution >= 4 is 21.8 Å². The molecule has 158 valence electrons. The maximum atomic E-state index is 3.80. The van der Waals surface area contributed by atoms with Gasteiger partial charge in [0.15, 0.2) is 0 Å². The lowest BCUT2D eigenvalue weighted by Crippen LogP contribution is -2.11. The second-order valence-electron chi connectivity index (χ2n) is 9.66. The van der Waals surface area contributed by atoms with E-state index in [0.29, 0.717) is 5.92 Å². The second kappa shape index (κ2) is 8.23. The van der Waals surface area contributed by atoms with Crippen molar-refractivity contribution in [2.45, 2.75) is 47.0 Å². The van der Waals surface area contributed by atoms with Crippen LogP contribution in [0, 0.1) is 19.3 Å². The lowest BCUT2D eigenvalue weighted by Gasteiger charge is -2.25. The molecular weight excluding hydrogens is 374 g/mol. The molecule has 1 nitrogen and oxygen atoms in total. The Morgan fingerprint density at radius 3 is 1.94 bits per heavy atom. The van der Waals surface area contributed by atoms with Gasteiger partial charge in [-0.05, 0) is 72.6 Å².